The Hall–Kier alpha value is -2.28. The van der Waals surface area contributed by atoms with Crippen LogP contribution < -0.4 is 5.56 Å². The van der Waals surface area contributed by atoms with Crippen LogP contribution in [0.25, 0.3) is 0 Å². The van der Waals surface area contributed by atoms with E-state index < -0.39 is 11.5 Å². The third-order valence-corrected chi connectivity index (χ3v) is 5.33. The second-order valence-electron chi connectivity index (χ2n) is 6.13. The zero-order valence-electron chi connectivity index (χ0n) is 14.5. The Morgan fingerprint density at radius 2 is 1.64 bits per heavy atom. The number of benzene rings is 2. The van der Waals surface area contributed by atoms with E-state index >= 15 is 0 Å². The lowest BCUT2D eigenvalue weighted by molar-refractivity contribution is 0.0726. The van der Waals surface area contributed by atoms with Crippen LogP contribution in [0.1, 0.15) is 21.5 Å². The number of carbonyl (C=O) groups is 1. The molecule has 2 aromatic carbocycles. The number of nitrogens with one attached hydrogen (secondary N) is 1. The van der Waals surface area contributed by atoms with Gasteiger partial charge in [0.15, 0.2) is 0 Å². The van der Waals surface area contributed by atoms with Gasteiger partial charge in [0, 0.05) is 29.8 Å². The van der Waals surface area contributed by atoms with Gasteiger partial charge in [0.25, 0.3) is 11.5 Å². The lowest BCUT2D eigenvalue weighted by atomic mass is 10.1. The lowest BCUT2D eigenvalue weighted by Gasteiger charge is -2.24. The van der Waals surface area contributed by atoms with Gasteiger partial charge in [-0.2, -0.15) is 0 Å². The number of aromatic amines is 1. The summed E-state index contributed by atoms with van der Waals surface area (Å²) in [4.78, 5) is 28.4. The second-order valence-corrected chi connectivity index (χ2v) is 7.86. The van der Waals surface area contributed by atoms with Crippen molar-refractivity contribution < 1.29 is 9.90 Å². The minimum absolute atomic E-state index is 0.0109. The molecule has 0 radical (unpaired) electrons. The summed E-state index contributed by atoms with van der Waals surface area (Å²) >= 11 is 15.5. The molecule has 1 heterocycles. The van der Waals surface area contributed by atoms with Gasteiger partial charge in [0.05, 0.1) is 15.6 Å². The van der Waals surface area contributed by atoms with Crippen molar-refractivity contribution in [1.82, 2.24) is 9.88 Å². The van der Waals surface area contributed by atoms with Crippen LogP contribution in [0, 0.1) is 0 Å². The van der Waals surface area contributed by atoms with Gasteiger partial charge in [-0.25, -0.2) is 0 Å². The van der Waals surface area contributed by atoms with Gasteiger partial charge >= 0.3 is 0 Å². The van der Waals surface area contributed by atoms with Crippen molar-refractivity contribution in [2.75, 3.05) is 0 Å². The number of rotatable bonds is 5. The summed E-state index contributed by atoms with van der Waals surface area (Å²) in [6.07, 6.45) is 1.21. The van der Waals surface area contributed by atoms with Crippen LogP contribution in [0.15, 0.2) is 64.0 Å². The number of hydrogen-bond acceptors (Lipinski definition) is 3. The normalized spacial score (nSPS) is 10.7. The van der Waals surface area contributed by atoms with E-state index in [0.717, 1.165) is 21.7 Å². The third kappa shape index (κ3) is 4.95. The van der Waals surface area contributed by atoms with E-state index in [1.165, 1.54) is 6.20 Å². The van der Waals surface area contributed by atoms with Gasteiger partial charge in [-0.05, 0) is 35.4 Å². The van der Waals surface area contributed by atoms with Gasteiger partial charge in [-0.15, -0.1) is 0 Å². The fraction of sp³-hybridized carbons (Fsp3) is 0.100. The number of aromatic hydroxyl groups is 1. The molecular formula is C20H15BrCl2N2O3. The van der Waals surface area contributed by atoms with Crippen LogP contribution in [0.4, 0.5) is 0 Å². The van der Waals surface area contributed by atoms with Crippen LogP contribution in [0.5, 0.6) is 5.75 Å². The summed E-state index contributed by atoms with van der Waals surface area (Å²) in [6, 6.07) is 13.7. The summed E-state index contributed by atoms with van der Waals surface area (Å²) in [5.74, 6) is -0.800. The molecule has 144 valence electrons. The molecule has 8 heteroatoms. The predicted molar refractivity (Wildman–Crippen MR) is 113 cm³/mol. The number of pyridine rings is 1. The Kier molecular flexibility index (Phi) is 6.44. The number of carbonyl (C=O) groups excluding carboxylic acids is 1. The standard InChI is InChI=1S/C20H15BrCl2N2O3/c21-14-4-1-12(2-5-14)10-25(11-13-3-6-16(22)17(23)7-13)20(28)15-9-24-19(27)8-18(15)26/h1-9H,10-11H2,(H2,24,26,27). The molecule has 0 aliphatic heterocycles. The maximum Gasteiger partial charge on any atom is 0.259 e. The number of nitrogens with zero attached hydrogens (tertiary/aromatic N) is 1. The molecular weight excluding hydrogens is 467 g/mol. The Morgan fingerprint density at radius 3 is 2.29 bits per heavy atom. The van der Waals surface area contributed by atoms with Crippen molar-refractivity contribution >= 4 is 45.0 Å². The van der Waals surface area contributed by atoms with E-state index in [1.807, 2.05) is 24.3 Å². The molecule has 0 unspecified atom stereocenters. The molecule has 0 aliphatic rings. The maximum atomic E-state index is 13.1. The molecule has 28 heavy (non-hydrogen) atoms. The van der Waals surface area contributed by atoms with E-state index in [2.05, 4.69) is 20.9 Å². The minimum atomic E-state index is -0.488. The summed E-state index contributed by atoms with van der Waals surface area (Å²) in [7, 11) is 0. The monoisotopic (exact) mass is 480 g/mol. The number of hydrogen-bond donors (Lipinski definition) is 2. The molecule has 0 bridgehead atoms. The summed E-state index contributed by atoms with van der Waals surface area (Å²) < 4.78 is 0.928. The van der Waals surface area contributed by atoms with Crippen LogP contribution in [-0.2, 0) is 13.1 Å². The van der Waals surface area contributed by atoms with Gasteiger partial charge in [0.1, 0.15) is 5.75 Å². The molecule has 3 rings (SSSR count). The number of halogens is 3. The summed E-state index contributed by atoms with van der Waals surface area (Å²) in [5, 5.41) is 10.9. The largest absolute Gasteiger partial charge is 0.507 e. The van der Waals surface area contributed by atoms with E-state index in [1.54, 1.807) is 23.1 Å². The van der Waals surface area contributed by atoms with Crippen LogP contribution in [-0.4, -0.2) is 20.9 Å². The second kappa shape index (κ2) is 8.82. The molecule has 0 saturated heterocycles. The zero-order valence-corrected chi connectivity index (χ0v) is 17.6. The molecule has 0 aliphatic carbocycles. The molecule has 1 aromatic heterocycles. The first-order valence-corrected chi connectivity index (χ1v) is 9.77. The van der Waals surface area contributed by atoms with Crippen molar-refractivity contribution in [2.45, 2.75) is 13.1 Å². The Balaban J connectivity index is 1.94. The highest BCUT2D eigenvalue weighted by Gasteiger charge is 2.20. The van der Waals surface area contributed by atoms with E-state index in [0.29, 0.717) is 16.6 Å². The SMILES string of the molecule is O=C(c1c[nH]c(=O)cc1O)N(Cc1ccc(Br)cc1)Cc1ccc(Cl)c(Cl)c1. The first-order valence-electron chi connectivity index (χ1n) is 8.23. The molecule has 0 saturated carbocycles. The van der Waals surface area contributed by atoms with Crippen LogP contribution in [0.2, 0.25) is 10.0 Å². The zero-order chi connectivity index (χ0) is 20.3. The Labute approximate surface area is 179 Å². The fourth-order valence-corrected chi connectivity index (χ4v) is 3.26. The van der Waals surface area contributed by atoms with Gasteiger partial charge in [-0.1, -0.05) is 57.3 Å². The van der Waals surface area contributed by atoms with Crippen molar-refractivity contribution in [2.24, 2.45) is 0 Å². The van der Waals surface area contributed by atoms with Gasteiger partial charge in [0.2, 0.25) is 0 Å². The van der Waals surface area contributed by atoms with Gasteiger partial charge < -0.3 is 15.0 Å². The van der Waals surface area contributed by atoms with Crippen LogP contribution in [0.3, 0.4) is 0 Å². The number of H-pyrrole nitrogens is 1. The molecule has 0 atom stereocenters. The lowest BCUT2D eigenvalue weighted by Crippen LogP contribution is -2.30. The average Bonchev–Trinajstić information content (AvgIpc) is 2.65. The van der Waals surface area contributed by atoms with Crippen molar-refractivity contribution in [3.63, 3.8) is 0 Å². The molecule has 0 fully saturated rings. The molecule has 2 N–H and O–H groups in total. The summed E-state index contributed by atoms with van der Waals surface area (Å²) in [6.45, 7) is 0.537. The van der Waals surface area contributed by atoms with E-state index in [9.17, 15) is 14.7 Å². The topological polar surface area (TPSA) is 73.4 Å². The Morgan fingerprint density at radius 1 is 1.00 bits per heavy atom. The highest BCUT2D eigenvalue weighted by Crippen LogP contribution is 2.25. The maximum absolute atomic E-state index is 13.1. The minimum Gasteiger partial charge on any atom is -0.507 e. The van der Waals surface area contributed by atoms with Crippen molar-refractivity contribution in [3.8, 4) is 5.75 Å². The fourth-order valence-electron chi connectivity index (χ4n) is 2.67. The number of amides is 1. The van der Waals surface area contributed by atoms with E-state index in [-0.39, 0.29) is 17.9 Å². The highest BCUT2D eigenvalue weighted by atomic mass is 79.9. The molecule has 3 aromatic rings. The third-order valence-electron chi connectivity index (χ3n) is 4.06. The van der Waals surface area contributed by atoms with Crippen LogP contribution >= 0.6 is 39.1 Å². The smallest absolute Gasteiger partial charge is 0.259 e. The first kappa shape index (κ1) is 20.5. The van der Waals surface area contributed by atoms with Crippen molar-refractivity contribution in [1.29, 1.82) is 0 Å². The van der Waals surface area contributed by atoms with E-state index in [4.69, 9.17) is 23.2 Å². The van der Waals surface area contributed by atoms with Gasteiger partial charge in [-0.3, -0.25) is 9.59 Å². The average molecular weight is 482 g/mol. The predicted octanol–water partition coefficient (Wildman–Crippen LogP) is 4.99. The Bertz CT molecular complexity index is 1070. The highest BCUT2D eigenvalue weighted by molar-refractivity contribution is 9.10. The molecule has 5 nitrogen and oxygen atoms in total. The summed E-state index contributed by atoms with van der Waals surface area (Å²) in [5.41, 5.74) is 1.21. The number of aromatic nitrogens is 1. The molecule has 0 spiro atoms. The van der Waals surface area contributed by atoms with Crippen molar-refractivity contribution in [3.05, 3.63) is 96.3 Å². The molecule has 1 amide bonds. The first-order chi connectivity index (χ1) is 13.3. The quantitative estimate of drug-likeness (QED) is 0.539.